The highest BCUT2D eigenvalue weighted by molar-refractivity contribution is 7.22. The normalized spacial score (nSPS) is 15.8. The summed E-state index contributed by atoms with van der Waals surface area (Å²) in [5, 5.41) is 13.5. The van der Waals surface area contributed by atoms with Crippen LogP contribution in [-0.2, 0) is 0 Å². The fourth-order valence-corrected chi connectivity index (χ4v) is 4.40. The minimum atomic E-state index is 0.394. The number of thiophene rings is 1. The van der Waals surface area contributed by atoms with Crippen LogP contribution >= 0.6 is 11.3 Å². The van der Waals surface area contributed by atoms with E-state index in [0.717, 1.165) is 38.2 Å². The van der Waals surface area contributed by atoms with Crippen molar-refractivity contribution in [2.75, 3.05) is 25.0 Å². The third-order valence-electron chi connectivity index (χ3n) is 4.79. The number of nitrogens with zero attached hydrogens (tertiary/aromatic N) is 4. The van der Waals surface area contributed by atoms with Crippen LogP contribution in [0, 0.1) is 11.3 Å². The zero-order chi connectivity index (χ0) is 17.8. The number of fused-ring (bicyclic) bond motifs is 1. The average Bonchev–Trinajstić information content (AvgIpc) is 3.12. The summed E-state index contributed by atoms with van der Waals surface area (Å²) in [6.07, 6.45) is 4.55. The largest absolute Gasteiger partial charge is 0.351 e. The molecule has 1 fully saturated rings. The lowest BCUT2D eigenvalue weighted by Crippen LogP contribution is -2.39. The van der Waals surface area contributed by atoms with E-state index in [0.29, 0.717) is 18.4 Å². The third-order valence-corrected chi connectivity index (χ3v) is 5.93. The summed E-state index contributed by atoms with van der Waals surface area (Å²) in [7, 11) is 0. The Morgan fingerprint density at radius 3 is 2.88 bits per heavy atom. The van der Waals surface area contributed by atoms with Gasteiger partial charge in [0.15, 0.2) is 0 Å². The summed E-state index contributed by atoms with van der Waals surface area (Å²) in [5.74, 6) is 0.704. The number of nitriles is 1. The monoisotopic (exact) mass is 363 g/mol. The Morgan fingerprint density at radius 1 is 1.23 bits per heavy atom. The first-order valence-corrected chi connectivity index (χ1v) is 9.81. The van der Waals surface area contributed by atoms with E-state index in [9.17, 15) is 0 Å². The Bertz CT molecular complexity index is 888. The van der Waals surface area contributed by atoms with Gasteiger partial charge in [-0.05, 0) is 36.4 Å². The molecule has 1 aromatic carbocycles. The number of likely N-dealkylation sites (tertiary alicyclic amines) is 1. The van der Waals surface area contributed by atoms with Crippen LogP contribution < -0.4 is 5.32 Å². The Balaban J connectivity index is 1.43. The van der Waals surface area contributed by atoms with Gasteiger partial charge in [-0.2, -0.15) is 5.26 Å². The van der Waals surface area contributed by atoms with E-state index < -0.39 is 0 Å². The number of piperidine rings is 1. The van der Waals surface area contributed by atoms with Gasteiger partial charge in [0, 0.05) is 43.0 Å². The molecule has 1 aliphatic rings. The lowest BCUT2D eigenvalue weighted by molar-refractivity contribution is 0.223. The summed E-state index contributed by atoms with van der Waals surface area (Å²) < 4.78 is 1.28. The second kappa shape index (κ2) is 7.81. The second-order valence-electron chi connectivity index (χ2n) is 6.58. The lowest BCUT2D eigenvalue weighted by Gasteiger charge is -2.31. The van der Waals surface area contributed by atoms with Crippen molar-refractivity contribution in [1.29, 1.82) is 5.26 Å². The molecule has 1 saturated heterocycles. The minimum Gasteiger partial charge on any atom is -0.351 e. The molecule has 4 rings (SSSR count). The molecular formula is C20H21N5S. The van der Waals surface area contributed by atoms with E-state index >= 15 is 0 Å². The molecule has 0 bridgehead atoms. The molecule has 26 heavy (non-hydrogen) atoms. The Morgan fingerprint density at radius 2 is 2.08 bits per heavy atom. The molecule has 3 heterocycles. The van der Waals surface area contributed by atoms with E-state index in [1.54, 1.807) is 11.3 Å². The molecule has 0 saturated carbocycles. The topological polar surface area (TPSA) is 64.8 Å². The van der Waals surface area contributed by atoms with E-state index in [1.165, 1.54) is 15.0 Å². The van der Waals surface area contributed by atoms with E-state index in [-0.39, 0.29) is 0 Å². The maximum atomic E-state index is 8.71. The van der Waals surface area contributed by atoms with Crippen LogP contribution in [0.2, 0.25) is 0 Å². The first-order chi connectivity index (χ1) is 12.8. The first kappa shape index (κ1) is 17.0. The first-order valence-electron chi connectivity index (χ1n) is 8.99. The van der Waals surface area contributed by atoms with Gasteiger partial charge >= 0.3 is 0 Å². The van der Waals surface area contributed by atoms with Gasteiger partial charge < -0.3 is 10.2 Å². The van der Waals surface area contributed by atoms with Crippen molar-refractivity contribution < 1.29 is 0 Å². The van der Waals surface area contributed by atoms with Gasteiger partial charge in [0.1, 0.15) is 0 Å². The molecule has 0 aliphatic carbocycles. The average molecular weight is 363 g/mol. The molecular weight excluding hydrogens is 342 g/mol. The SMILES string of the molecule is N#CCCN1CCC(Nc2nccc(-c3cc4ccccc4s3)n2)CC1. The zero-order valence-corrected chi connectivity index (χ0v) is 15.4. The van der Waals surface area contributed by atoms with Gasteiger partial charge in [0.05, 0.1) is 16.6 Å². The number of rotatable bonds is 5. The highest BCUT2D eigenvalue weighted by atomic mass is 32.1. The third kappa shape index (κ3) is 3.85. The second-order valence-corrected chi connectivity index (χ2v) is 7.67. The van der Waals surface area contributed by atoms with Gasteiger partial charge in [0.2, 0.25) is 5.95 Å². The van der Waals surface area contributed by atoms with E-state index in [1.807, 2.05) is 12.3 Å². The fourth-order valence-electron chi connectivity index (χ4n) is 3.37. The summed E-state index contributed by atoms with van der Waals surface area (Å²) in [4.78, 5) is 12.7. The van der Waals surface area contributed by atoms with Gasteiger partial charge in [-0.3, -0.25) is 0 Å². The summed E-state index contributed by atoms with van der Waals surface area (Å²) in [5.41, 5.74) is 0.968. The lowest BCUT2D eigenvalue weighted by atomic mass is 10.1. The van der Waals surface area contributed by atoms with Crippen LogP contribution in [-0.4, -0.2) is 40.5 Å². The van der Waals surface area contributed by atoms with Gasteiger partial charge in [-0.15, -0.1) is 11.3 Å². The van der Waals surface area contributed by atoms with Crippen molar-refractivity contribution in [2.45, 2.75) is 25.3 Å². The zero-order valence-electron chi connectivity index (χ0n) is 14.6. The van der Waals surface area contributed by atoms with Gasteiger partial charge in [-0.1, -0.05) is 18.2 Å². The van der Waals surface area contributed by atoms with Crippen molar-refractivity contribution in [1.82, 2.24) is 14.9 Å². The minimum absolute atomic E-state index is 0.394. The summed E-state index contributed by atoms with van der Waals surface area (Å²) in [6.45, 7) is 2.92. The number of nitrogens with one attached hydrogen (secondary N) is 1. The molecule has 3 aromatic rings. The van der Waals surface area contributed by atoms with Crippen LogP contribution in [0.5, 0.6) is 0 Å². The molecule has 0 amide bonds. The van der Waals surface area contributed by atoms with Crippen molar-refractivity contribution in [3.05, 3.63) is 42.6 Å². The van der Waals surface area contributed by atoms with Crippen LogP contribution in [0.1, 0.15) is 19.3 Å². The van der Waals surface area contributed by atoms with Crippen LogP contribution in [0.15, 0.2) is 42.6 Å². The van der Waals surface area contributed by atoms with Gasteiger partial charge in [0.25, 0.3) is 0 Å². The Labute approximate surface area is 157 Å². The predicted octanol–water partition coefficient (Wildman–Crippen LogP) is 4.15. The van der Waals surface area contributed by atoms with E-state index in [2.05, 4.69) is 51.6 Å². The maximum absolute atomic E-state index is 8.71. The maximum Gasteiger partial charge on any atom is 0.223 e. The van der Waals surface area contributed by atoms with Crippen molar-refractivity contribution >= 4 is 27.4 Å². The van der Waals surface area contributed by atoms with Crippen molar-refractivity contribution in [3.63, 3.8) is 0 Å². The number of aromatic nitrogens is 2. The molecule has 5 nitrogen and oxygen atoms in total. The van der Waals surface area contributed by atoms with Crippen LogP contribution in [0.25, 0.3) is 20.7 Å². The molecule has 0 unspecified atom stereocenters. The smallest absolute Gasteiger partial charge is 0.223 e. The number of anilines is 1. The standard InChI is InChI=1S/C20H21N5S/c21-9-3-11-25-12-7-16(8-13-25)23-20-22-10-6-17(24-20)19-14-15-4-1-2-5-18(15)26-19/h1-2,4-6,10,14,16H,3,7-8,11-13H2,(H,22,23,24). The Hall–Kier alpha value is -2.49. The molecule has 1 N–H and O–H groups in total. The highest BCUT2D eigenvalue weighted by Gasteiger charge is 2.19. The fraction of sp³-hybridized carbons (Fsp3) is 0.350. The molecule has 2 aromatic heterocycles. The van der Waals surface area contributed by atoms with Crippen molar-refractivity contribution in [2.24, 2.45) is 0 Å². The number of hydrogen-bond acceptors (Lipinski definition) is 6. The van der Waals surface area contributed by atoms with Crippen LogP contribution in [0.3, 0.4) is 0 Å². The molecule has 0 spiro atoms. The number of benzene rings is 1. The predicted molar refractivity (Wildman–Crippen MR) is 106 cm³/mol. The molecule has 132 valence electrons. The van der Waals surface area contributed by atoms with Crippen LogP contribution in [0.4, 0.5) is 5.95 Å². The Kier molecular flexibility index (Phi) is 5.09. The molecule has 6 heteroatoms. The molecule has 0 atom stereocenters. The summed E-state index contributed by atoms with van der Waals surface area (Å²) in [6, 6.07) is 15.2. The quantitative estimate of drug-likeness (QED) is 0.738. The van der Waals surface area contributed by atoms with Crippen molar-refractivity contribution in [3.8, 4) is 16.6 Å². The van der Waals surface area contributed by atoms with Gasteiger partial charge in [-0.25, -0.2) is 9.97 Å². The number of hydrogen-bond donors (Lipinski definition) is 1. The highest BCUT2D eigenvalue weighted by Crippen LogP contribution is 2.32. The summed E-state index contributed by atoms with van der Waals surface area (Å²) >= 11 is 1.76. The molecule has 0 radical (unpaired) electrons. The molecule has 1 aliphatic heterocycles. The van der Waals surface area contributed by atoms with E-state index in [4.69, 9.17) is 10.2 Å².